The predicted molar refractivity (Wildman–Crippen MR) is 89.0 cm³/mol. The van der Waals surface area contributed by atoms with Crippen LogP contribution >= 0.6 is 0 Å². The molecule has 0 aliphatic rings. The number of nitriles is 1. The quantitative estimate of drug-likeness (QED) is 0.872. The van der Waals surface area contributed by atoms with Crippen molar-refractivity contribution in [3.8, 4) is 6.07 Å². The van der Waals surface area contributed by atoms with E-state index in [1.54, 1.807) is 31.3 Å². The van der Waals surface area contributed by atoms with Gasteiger partial charge in [-0.3, -0.25) is 9.59 Å². The van der Waals surface area contributed by atoms with Gasteiger partial charge in [0, 0.05) is 25.3 Å². The molecule has 0 unspecified atom stereocenters. The minimum atomic E-state index is -0.232. The molecular formula is C18H17N3O2. The summed E-state index contributed by atoms with van der Waals surface area (Å²) >= 11 is 0. The maximum atomic E-state index is 12.4. The van der Waals surface area contributed by atoms with E-state index in [9.17, 15) is 9.59 Å². The lowest BCUT2D eigenvalue weighted by molar-refractivity contribution is -0.121. The van der Waals surface area contributed by atoms with Gasteiger partial charge in [0.05, 0.1) is 11.6 Å². The zero-order chi connectivity index (χ0) is 16.8. The van der Waals surface area contributed by atoms with Crippen molar-refractivity contribution in [2.24, 2.45) is 0 Å². The number of rotatable bonds is 4. The second-order valence-electron chi connectivity index (χ2n) is 5.05. The first-order valence-electron chi connectivity index (χ1n) is 7.13. The third-order valence-electron chi connectivity index (χ3n) is 3.50. The van der Waals surface area contributed by atoms with E-state index >= 15 is 0 Å². The largest absolute Gasteiger partial charge is 0.314 e. The molecule has 2 rings (SSSR count). The lowest BCUT2D eigenvalue weighted by atomic mass is 10.2. The van der Waals surface area contributed by atoms with Gasteiger partial charge in [-0.05, 0) is 36.4 Å². The summed E-state index contributed by atoms with van der Waals surface area (Å²) in [6, 6.07) is 17.8. The van der Waals surface area contributed by atoms with Crippen LogP contribution in [0.25, 0.3) is 0 Å². The number of hydrogen-bond acceptors (Lipinski definition) is 3. The second-order valence-corrected chi connectivity index (χ2v) is 5.05. The average Bonchev–Trinajstić information content (AvgIpc) is 2.59. The first kappa shape index (κ1) is 16.2. The summed E-state index contributed by atoms with van der Waals surface area (Å²) in [5.74, 6) is -0.430. The zero-order valence-electron chi connectivity index (χ0n) is 13.1. The summed E-state index contributed by atoms with van der Waals surface area (Å²) < 4.78 is 0. The Balaban J connectivity index is 2.17. The Kier molecular flexibility index (Phi) is 5.11. The molecule has 0 aliphatic heterocycles. The summed E-state index contributed by atoms with van der Waals surface area (Å²) in [6.07, 6.45) is 0. The van der Waals surface area contributed by atoms with Crippen molar-refractivity contribution in [1.82, 2.24) is 0 Å². The molecule has 5 heteroatoms. The number of benzene rings is 2. The molecule has 0 N–H and O–H groups in total. The Morgan fingerprint density at radius 2 is 1.61 bits per heavy atom. The molecule has 0 atom stereocenters. The third kappa shape index (κ3) is 3.95. The Morgan fingerprint density at radius 1 is 1.00 bits per heavy atom. The fourth-order valence-electron chi connectivity index (χ4n) is 2.14. The van der Waals surface area contributed by atoms with E-state index in [0.717, 1.165) is 5.69 Å². The molecule has 0 radical (unpaired) electrons. The van der Waals surface area contributed by atoms with Crippen molar-refractivity contribution in [3.05, 3.63) is 60.2 Å². The number of hydrogen-bond donors (Lipinski definition) is 0. The molecular weight excluding hydrogens is 290 g/mol. The van der Waals surface area contributed by atoms with Crippen molar-refractivity contribution in [2.45, 2.75) is 6.92 Å². The van der Waals surface area contributed by atoms with Gasteiger partial charge in [0.25, 0.3) is 0 Å². The second kappa shape index (κ2) is 7.23. The van der Waals surface area contributed by atoms with Crippen molar-refractivity contribution >= 4 is 23.2 Å². The number of carbonyl (C=O) groups is 2. The van der Waals surface area contributed by atoms with Crippen LogP contribution < -0.4 is 9.80 Å². The smallest absolute Gasteiger partial charge is 0.246 e. The minimum Gasteiger partial charge on any atom is -0.314 e. The molecule has 0 saturated heterocycles. The van der Waals surface area contributed by atoms with E-state index < -0.39 is 0 Å². The molecule has 0 heterocycles. The summed E-state index contributed by atoms with van der Waals surface area (Å²) in [4.78, 5) is 27.2. The molecule has 0 bridgehead atoms. The fourth-order valence-corrected chi connectivity index (χ4v) is 2.14. The molecule has 0 fully saturated rings. The van der Waals surface area contributed by atoms with Gasteiger partial charge < -0.3 is 9.80 Å². The number of likely N-dealkylation sites (N-methyl/N-ethyl adjacent to an activating group) is 1. The maximum Gasteiger partial charge on any atom is 0.246 e. The van der Waals surface area contributed by atoms with E-state index in [2.05, 4.69) is 0 Å². The van der Waals surface area contributed by atoms with E-state index in [1.165, 1.54) is 16.7 Å². The Bertz CT molecular complexity index is 733. The monoisotopic (exact) mass is 307 g/mol. The van der Waals surface area contributed by atoms with Gasteiger partial charge in [0.2, 0.25) is 11.8 Å². The molecule has 0 aliphatic carbocycles. The van der Waals surface area contributed by atoms with Crippen LogP contribution in [0.3, 0.4) is 0 Å². The summed E-state index contributed by atoms with van der Waals surface area (Å²) in [7, 11) is 1.68. The normalized spacial score (nSPS) is 9.78. The number of para-hydroxylation sites is 1. The number of amides is 2. The van der Waals surface area contributed by atoms with Crippen molar-refractivity contribution in [1.29, 1.82) is 5.26 Å². The highest BCUT2D eigenvalue weighted by molar-refractivity contribution is 6.02. The van der Waals surface area contributed by atoms with Crippen LogP contribution in [-0.2, 0) is 9.59 Å². The van der Waals surface area contributed by atoms with Gasteiger partial charge in [-0.1, -0.05) is 18.2 Å². The first-order valence-corrected chi connectivity index (χ1v) is 7.13. The van der Waals surface area contributed by atoms with Crippen molar-refractivity contribution in [3.63, 3.8) is 0 Å². The predicted octanol–water partition coefficient (Wildman–Crippen LogP) is 2.57. The lowest BCUT2D eigenvalue weighted by Crippen LogP contribution is -2.40. The Hall–Kier alpha value is -3.13. The molecule has 0 aromatic heterocycles. The SMILES string of the molecule is CC(=O)N(CC(=O)N(C)c1ccccc1)c1ccc(C#N)cc1. The van der Waals surface area contributed by atoms with Gasteiger partial charge in [0.15, 0.2) is 0 Å². The molecule has 2 aromatic rings. The topological polar surface area (TPSA) is 64.4 Å². The van der Waals surface area contributed by atoms with Gasteiger partial charge in [-0.15, -0.1) is 0 Å². The minimum absolute atomic E-state index is 0.0629. The molecule has 0 saturated carbocycles. The summed E-state index contributed by atoms with van der Waals surface area (Å²) in [5.41, 5.74) is 1.86. The van der Waals surface area contributed by atoms with Gasteiger partial charge in [0.1, 0.15) is 6.54 Å². The molecule has 0 spiro atoms. The first-order chi connectivity index (χ1) is 11.0. The van der Waals surface area contributed by atoms with E-state index in [1.807, 2.05) is 36.4 Å². The molecule has 2 aromatic carbocycles. The van der Waals surface area contributed by atoms with Crippen LogP contribution in [0.15, 0.2) is 54.6 Å². The Labute approximate surface area is 135 Å². The Morgan fingerprint density at radius 3 is 2.13 bits per heavy atom. The number of carbonyl (C=O) groups excluding carboxylic acids is 2. The molecule has 23 heavy (non-hydrogen) atoms. The van der Waals surface area contributed by atoms with Crippen LogP contribution in [-0.4, -0.2) is 25.4 Å². The van der Waals surface area contributed by atoms with Crippen LogP contribution in [0.5, 0.6) is 0 Å². The standard InChI is InChI=1S/C18H17N3O2/c1-14(22)21(17-10-8-15(12-19)9-11-17)13-18(23)20(2)16-6-4-3-5-7-16/h3-11H,13H2,1-2H3. The molecule has 5 nitrogen and oxygen atoms in total. The maximum absolute atomic E-state index is 12.4. The van der Waals surface area contributed by atoms with Crippen LogP contribution in [0, 0.1) is 11.3 Å². The van der Waals surface area contributed by atoms with Gasteiger partial charge in [-0.25, -0.2) is 0 Å². The van der Waals surface area contributed by atoms with E-state index in [0.29, 0.717) is 11.3 Å². The highest BCUT2D eigenvalue weighted by atomic mass is 16.2. The highest BCUT2D eigenvalue weighted by Crippen LogP contribution is 2.17. The zero-order valence-corrected chi connectivity index (χ0v) is 13.1. The van der Waals surface area contributed by atoms with E-state index in [4.69, 9.17) is 5.26 Å². The van der Waals surface area contributed by atoms with Gasteiger partial charge in [-0.2, -0.15) is 5.26 Å². The van der Waals surface area contributed by atoms with Gasteiger partial charge >= 0.3 is 0 Å². The van der Waals surface area contributed by atoms with Crippen LogP contribution in [0.1, 0.15) is 12.5 Å². The van der Waals surface area contributed by atoms with Crippen LogP contribution in [0.4, 0.5) is 11.4 Å². The van der Waals surface area contributed by atoms with Crippen molar-refractivity contribution < 1.29 is 9.59 Å². The number of nitrogens with zero attached hydrogens (tertiary/aromatic N) is 3. The van der Waals surface area contributed by atoms with Crippen molar-refractivity contribution in [2.75, 3.05) is 23.4 Å². The van der Waals surface area contributed by atoms with Crippen LogP contribution in [0.2, 0.25) is 0 Å². The third-order valence-corrected chi connectivity index (χ3v) is 3.50. The molecule has 116 valence electrons. The fraction of sp³-hybridized carbons (Fsp3) is 0.167. The number of anilines is 2. The summed E-state index contributed by atoms with van der Waals surface area (Å²) in [6.45, 7) is 1.35. The van der Waals surface area contributed by atoms with E-state index in [-0.39, 0.29) is 18.4 Å². The average molecular weight is 307 g/mol. The molecule has 2 amide bonds. The highest BCUT2D eigenvalue weighted by Gasteiger charge is 2.19. The summed E-state index contributed by atoms with van der Waals surface area (Å²) in [5, 5.41) is 8.83. The lowest BCUT2D eigenvalue weighted by Gasteiger charge is -2.24.